The second-order valence-corrected chi connectivity index (χ2v) is 4.56. The van der Waals surface area contributed by atoms with Gasteiger partial charge in [-0.25, -0.2) is 4.79 Å². The Hall–Kier alpha value is -2.88. The van der Waals surface area contributed by atoms with Gasteiger partial charge in [-0.1, -0.05) is 30.3 Å². The number of carboxylic acids is 1. The zero-order valence-electron chi connectivity index (χ0n) is 11.5. The van der Waals surface area contributed by atoms with Crippen molar-refractivity contribution in [1.82, 2.24) is 0 Å². The first kappa shape index (κ1) is 14.5. The van der Waals surface area contributed by atoms with E-state index in [1.54, 1.807) is 30.3 Å². The van der Waals surface area contributed by atoms with Crippen LogP contribution in [0.15, 0.2) is 54.6 Å². The van der Waals surface area contributed by atoms with Crippen molar-refractivity contribution in [1.29, 1.82) is 0 Å². The molecule has 0 spiro atoms. The molecule has 106 valence electrons. The van der Waals surface area contributed by atoms with Crippen molar-refractivity contribution >= 4 is 23.6 Å². The molecule has 0 aliphatic heterocycles. The number of hydrogen-bond donors (Lipinski definition) is 2. The van der Waals surface area contributed by atoms with E-state index in [-0.39, 0.29) is 5.91 Å². The van der Waals surface area contributed by atoms with Crippen molar-refractivity contribution in [3.8, 4) is 0 Å². The molecule has 21 heavy (non-hydrogen) atoms. The Morgan fingerprint density at radius 3 is 2.33 bits per heavy atom. The Kier molecular flexibility index (Phi) is 4.51. The largest absolute Gasteiger partial charge is 0.478 e. The Morgan fingerprint density at radius 2 is 1.71 bits per heavy atom. The van der Waals surface area contributed by atoms with Gasteiger partial charge in [0, 0.05) is 17.3 Å². The Morgan fingerprint density at radius 1 is 1.05 bits per heavy atom. The first-order chi connectivity index (χ1) is 10.1. The Labute approximate surface area is 122 Å². The zero-order valence-corrected chi connectivity index (χ0v) is 11.5. The normalized spacial score (nSPS) is 10.5. The molecule has 4 nitrogen and oxygen atoms in total. The number of amides is 1. The van der Waals surface area contributed by atoms with E-state index in [9.17, 15) is 9.59 Å². The van der Waals surface area contributed by atoms with Gasteiger partial charge in [0.15, 0.2) is 0 Å². The lowest BCUT2D eigenvalue weighted by Crippen LogP contribution is -2.13. The van der Waals surface area contributed by atoms with Crippen LogP contribution in [0.3, 0.4) is 0 Å². The predicted octanol–water partition coefficient (Wildman–Crippen LogP) is 3.35. The van der Waals surface area contributed by atoms with Crippen molar-refractivity contribution in [3.05, 3.63) is 71.3 Å². The lowest BCUT2D eigenvalue weighted by molar-refractivity contribution is -0.131. The lowest BCUT2D eigenvalue weighted by Gasteiger charge is -2.07. The molecule has 0 saturated carbocycles. The fourth-order valence-corrected chi connectivity index (χ4v) is 1.87. The third-order valence-corrected chi connectivity index (χ3v) is 2.98. The van der Waals surface area contributed by atoms with Gasteiger partial charge in [0.2, 0.25) is 0 Å². The fourth-order valence-electron chi connectivity index (χ4n) is 1.87. The van der Waals surface area contributed by atoms with Crippen molar-refractivity contribution in [2.45, 2.75) is 6.92 Å². The second kappa shape index (κ2) is 6.52. The Balaban J connectivity index is 2.09. The van der Waals surface area contributed by atoms with Gasteiger partial charge in [-0.05, 0) is 42.3 Å². The van der Waals surface area contributed by atoms with E-state index in [4.69, 9.17) is 5.11 Å². The summed E-state index contributed by atoms with van der Waals surface area (Å²) in [5.74, 6) is -1.16. The van der Waals surface area contributed by atoms with Gasteiger partial charge in [0.1, 0.15) is 0 Å². The highest BCUT2D eigenvalue weighted by Crippen LogP contribution is 2.14. The minimum atomic E-state index is -0.994. The van der Waals surface area contributed by atoms with E-state index >= 15 is 0 Å². The van der Waals surface area contributed by atoms with Gasteiger partial charge in [-0.3, -0.25) is 4.79 Å². The number of hydrogen-bond acceptors (Lipinski definition) is 2. The molecule has 4 heteroatoms. The van der Waals surface area contributed by atoms with Crippen LogP contribution >= 0.6 is 0 Å². The van der Waals surface area contributed by atoms with Crippen LogP contribution in [-0.4, -0.2) is 17.0 Å². The zero-order chi connectivity index (χ0) is 15.2. The molecule has 2 N–H and O–H groups in total. The number of rotatable bonds is 4. The smallest absolute Gasteiger partial charge is 0.328 e. The van der Waals surface area contributed by atoms with Gasteiger partial charge >= 0.3 is 5.97 Å². The molecule has 1 amide bonds. The summed E-state index contributed by atoms with van der Waals surface area (Å²) in [7, 11) is 0. The molecule has 0 aliphatic carbocycles. The average Bonchev–Trinajstić information content (AvgIpc) is 2.47. The monoisotopic (exact) mass is 281 g/mol. The summed E-state index contributed by atoms with van der Waals surface area (Å²) in [6.07, 6.45) is 2.57. The first-order valence-electron chi connectivity index (χ1n) is 6.44. The van der Waals surface area contributed by atoms with Crippen LogP contribution < -0.4 is 5.32 Å². The van der Waals surface area contributed by atoms with Gasteiger partial charge in [0.25, 0.3) is 5.91 Å². The summed E-state index contributed by atoms with van der Waals surface area (Å²) in [4.78, 5) is 22.6. The topological polar surface area (TPSA) is 66.4 Å². The summed E-state index contributed by atoms with van der Waals surface area (Å²) in [5.41, 5.74) is 2.96. The summed E-state index contributed by atoms with van der Waals surface area (Å²) in [6.45, 7) is 1.88. The molecule has 0 bridgehead atoms. The third-order valence-electron chi connectivity index (χ3n) is 2.98. The maximum Gasteiger partial charge on any atom is 0.328 e. The highest BCUT2D eigenvalue weighted by Gasteiger charge is 2.07. The molecule has 0 unspecified atom stereocenters. The summed E-state index contributed by atoms with van der Waals surface area (Å²) < 4.78 is 0. The van der Waals surface area contributed by atoms with Gasteiger partial charge in [0.05, 0.1) is 0 Å². The van der Waals surface area contributed by atoms with Crippen LogP contribution in [-0.2, 0) is 4.79 Å². The van der Waals surface area contributed by atoms with Gasteiger partial charge < -0.3 is 10.4 Å². The molecule has 0 aromatic heterocycles. The first-order valence-corrected chi connectivity index (χ1v) is 6.44. The molecule has 0 heterocycles. The third kappa shape index (κ3) is 4.04. The highest BCUT2D eigenvalue weighted by atomic mass is 16.4. The van der Waals surface area contributed by atoms with E-state index in [1.807, 2.05) is 25.1 Å². The van der Waals surface area contributed by atoms with E-state index in [2.05, 4.69) is 5.32 Å². The molecule has 2 aromatic rings. The molecule has 0 saturated heterocycles. The number of carboxylic acid groups (broad SMARTS) is 1. The summed E-state index contributed by atoms with van der Waals surface area (Å²) in [6, 6.07) is 14.3. The summed E-state index contributed by atoms with van der Waals surface area (Å²) >= 11 is 0. The summed E-state index contributed by atoms with van der Waals surface area (Å²) in [5, 5.41) is 11.4. The maximum absolute atomic E-state index is 12.1. The minimum Gasteiger partial charge on any atom is -0.478 e. The fraction of sp³-hybridized carbons (Fsp3) is 0.0588. The molecule has 0 fully saturated rings. The molecule has 0 radical (unpaired) electrons. The molecule has 2 rings (SSSR count). The highest BCUT2D eigenvalue weighted by molar-refractivity contribution is 6.05. The van der Waals surface area contributed by atoms with Crippen molar-refractivity contribution in [3.63, 3.8) is 0 Å². The van der Waals surface area contributed by atoms with E-state index in [1.165, 1.54) is 6.08 Å². The predicted molar refractivity (Wildman–Crippen MR) is 82.2 cm³/mol. The number of nitrogens with one attached hydrogen (secondary N) is 1. The molecule has 0 atom stereocenters. The van der Waals surface area contributed by atoms with Crippen LogP contribution in [0.4, 0.5) is 5.69 Å². The van der Waals surface area contributed by atoms with Crippen LogP contribution in [0.5, 0.6) is 0 Å². The average molecular weight is 281 g/mol. The number of aryl methyl sites for hydroxylation is 1. The molecular weight excluding hydrogens is 266 g/mol. The number of carbonyl (C=O) groups excluding carboxylic acids is 1. The molecule has 2 aromatic carbocycles. The SMILES string of the molecule is Cc1ccccc1C(=O)Nc1ccc(/C=C/C(=O)O)cc1. The number of anilines is 1. The maximum atomic E-state index is 12.1. The minimum absolute atomic E-state index is 0.165. The second-order valence-electron chi connectivity index (χ2n) is 4.56. The number of carbonyl (C=O) groups is 2. The number of benzene rings is 2. The van der Waals surface area contributed by atoms with Crippen LogP contribution in [0, 0.1) is 6.92 Å². The van der Waals surface area contributed by atoms with Crippen molar-refractivity contribution < 1.29 is 14.7 Å². The Bertz CT molecular complexity index is 687. The standard InChI is InChI=1S/C17H15NO3/c1-12-4-2-3-5-15(12)17(21)18-14-9-6-13(7-10-14)8-11-16(19)20/h2-11H,1H3,(H,18,21)(H,19,20)/b11-8+. The van der Waals surface area contributed by atoms with Crippen LogP contribution in [0.1, 0.15) is 21.5 Å². The molecular formula is C17H15NO3. The lowest BCUT2D eigenvalue weighted by atomic mass is 10.1. The van der Waals surface area contributed by atoms with E-state index in [0.29, 0.717) is 11.3 Å². The van der Waals surface area contributed by atoms with Crippen LogP contribution in [0.2, 0.25) is 0 Å². The van der Waals surface area contributed by atoms with Crippen molar-refractivity contribution in [2.24, 2.45) is 0 Å². The quantitative estimate of drug-likeness (QED) is 0.845. The van der Waals surface area contributed by atoms with Crippen LogP contribution in [0.25, 0.3) is 6.08 Å². The van der Waals surface area contributed by atoms with Gasteiger partial charge in [-0.2, -0.15) is 0 Å². The van der Waals surface area contributed by atoms with Gasteiger partial charge in [-0.15, -0.1) is 0 Å². The van der Waals surface area contributed by atoms with E-state index < -0.39 is 5.97 Å². The number of aliphatic carboxylic acids is 1. The van der Waals surface area contributed by atoms with E-state index in [0.717, 1.165) is 17.2 Å². The molecule has 0 aliphatic rings. The van der Waals surface area contributed by atoms with Crippen molar-refractivity contribution in [2.75, 3.05) is 5.32 Å².